The Morgan fingerprint density at radius 2 is 2.07 bits per heavy atom. The number of nitrogens with two attached hydrogens (primary N) is 1. The average Bonchev–Trinajstić information content (AvgIpc) is 2.61. The van der Waals surface area contributed by atoms with Gasteiger partial charge in [0.05, 0.1) is 11.6 Å². The molecule has 1 aliphatic rings. The van der Waals surface area contributed by atoms with Gasteiger partial charge in [-0.05, 0) is 43.0 Å². The largest absolute Gasteiger partial charge is 0.386 e. The molecule has 144 valence electrons. The third-order valence-corrected chi connectivity index (χ3v) is 5.25. The molecule has 0 fully saturated rings. The number of aliphatic imine (C=N–C) groups is 1. The highest BCUT2D eigenvalue weighted by Gasteiger charge is 2.33. The highest BCUT2D eigenvalue weighted by molar-refractivity contribution is 6.30. The molecule has 3 rings (SSSR count). The lowest BCUT2D eigenvalue weighted by atomic mass is 9.84. The van der Waals surface area contributed by atoms with Crippen molar-refractivity contribution >= 4 is 17.4 Å². The summed E-state index contributed by atoms with van der Waals surface area (Å²) < 4.78 is 20.1. The van der Waals surface area contributed by atoms with E-state index in [-0.39, 0.29) is 18.3 Å². The zero-order chi connectivity index (χ0) is 19.6. The molecular weight excluding hydrogens is 365 g/mol. The van der Waals surface area contributed by atoms with Gasteiger partial charge in [-0.15, -0.1) is 0 Å². The summed E-state index contributed by atoms with van der Waals surface area (Å²) >= 11 is 5.97. The van der Waals surface area contributed by atoms with Gasteiger partial charge >= 0.3 is 0 Å². The van der Waals surface area contributed by atoms with E-state index in [4.69, 9.17) is 22.1 Å². The van der Waals surface area contributed by atoms with Crippen molar-refractivity contribution in [3.05, 3.63) is 64.2 Å². The molecule has 1 aromatic heterocycles. The molecule has 4 nitrogen and oxygen atoms in total. The number of hydrogen-bond acceptors (Lipinski definition) is 4. The van der Waals surface area contributed by atoms with Gasteiger partial charge in [-0.25, -0.2) is 4.39 Å². The Morgan fingerprint density at radius 1 is 1.30 bits per heavy atom. The Morgan fingerprint density at radius 3 is 2.70 bits per heavy atom. The molecule has 6 heteroatoms. The van der Waals surface area contributed by atoms with Crippen molar-refractivity contribution in [2.45, 2.75) is 38.6 Å². The maximum absolute atomic E-state index is 14.6. The first-order valence-electron chi connectivity index (χ1n) is 9.11. The fourth-order valence-corrected chi connectivity index (χ4v) is 3.64. The summed E-state index contributed by atoms with van der Waals surface area (Å²) in [4.78, 5) is 8.96. The van der Waals surface area contributed by atoms with Gasteiger partial charge in [0.15, 0.2) is 0 Å². The molecular formula is C21H25ClFN3O. The van der Waals surface area contributed by atoms with E-state index >= 15 is 0 Å². The second-order valence-electron chi connectivity index (χ2n) is 7.64. The third kappa shape index (κ3) is 4.47. The van der Waals surface area contributed by atoms with Crippen LogP contribution in [0.5, 0.6) is 0 Å². The maximum Gasteiger partial charge on any atom is 0.128 e. The molecule has 0 saturated heterocycles. The van der Waals surface area contributed by atoms with Crippen LogP contribution >= 0.6 is 11.6 Å². The number of ether oxygens (including phenoxy) is 1. The van der Waals surface area contributed by atoms with E-state index in [9.17, 15) is 4.39 Å². The quantitative estimate of drug-likeness (QED) is 0.821. The summed E-state index contributed by atoms with van der Waals surface area (Å²) in [6, 6.07) is 9.02. The number of aromatic nitrogens is 1. The van der Waals surface area contributed by atoms with Crippen LogP contribution in [0.25, 0.3) is 0 Å². The van der Waals surface area contributed by atoms with E-state index in [1.54, 1.807) is 6.20 Å². The molecule has 2 atom stereocenters. The molecule has 2 N–H and O–H groups in total. The maximum atomic E-state index is 14.6. The van der Waals surface area contributed by atoms with Crippen LogP contribution in [0.1, 0.15) is 43.5 Å². The molecule has 27 heavy (non-hydrogen) atoms. The predicted octanol–water partition coefficient (Wildman–Crippen LogP) is 4.46. The van der Waals surface area contributed by atoms with Crippen LogP contribution in [0, 0.1) is 11.7 Å². The second kappa shape index (κ2) is 7.95. The lowest BCUT2D eigenvalue weighted by Crippen LogP contribution is -2.38. The summed E-state index contributed by atoms with van der Waals surface area (Å²) in [5.41, 5.74) is 7.54. The Bertz CT molecular complexity index is 838. The molecule has 1 unspecified atom stereocenters. The lowest BCUT2D eigenvalue weighted by Gasteiger charge is -2.31. The van der Waals surface area contributed by atoms with Crippen LogP contribution in [0.15, 0.2) is 41.5 Å². The number of rotatable bonds is 5. The predicted molar refractivity (Wildman–Crippen MR) is 107 cm³/mol. The van der Waals surface area contributed by atoms with E-state index in [0.717, 1.165) is 17.7 Å². The molecule has 2 aromatic rings. The first kappa shape index (κ1) is 19.8. The monoisotopic (exact) mass is 389 g/mol. The number of halogens is 2. The number of benzene rings is 1. The van der Waals surface area contributed by atoms with Gasteiger partial charge in [-0.3, -0.25) is 9.98 Å². The molecule has 0 radical (unpaired) electrons. The summed E-state index contributed by atoms with van der Waals surface area (Å²) in [6.07, 6.45) is 2.41. The molecule has 1 aromatic carbocycles. The second-order valence-corrected chi connectivity index (χ2v) is 8.08. The fraction of sp³-hybridized carbons (Fsp3) is 0.429. The minimum Gasteiger partial charge on any atom is -0.386 e. The Labute approximate surface area is 164 Å². The third-order valence-electron chi connectivity index (χ3n) is 5.02. The highest BCUT2D eigenvalue weighted by Crippen LogP contribution is 2.33. The van der Waals surface area contributed by atoms with Crippen LogP contribution in [0.2, 0.25) is 5.02 Å². The molecule has 0 saturated carbocycles. The molecule has 0 bridgehead atoms. The zero-order valence-corrected chi connectivity index (χ0v) is 16.6. The highest BCUT2D eigenvalue weighted by atomic mass is 35.5. The van der Waals surface area contributed by atoms with Gasteiger partial charge < -0.3 is 10.5 Å². The Balaban J connectivity index is 1.93. The number of hydrogen-bond donors (Lipinski definition) is 1. The molecule has 0 spiro atoms. The smallest absolute Gasteiger partial charge is 0.128 e. The van der Waals surface area contributed by atoms with Crippen LogP contribution in [-0.4, -0.2) is 24.0 Å². The number of pyridine rings is 1. The van der Waals surface area contributed by atoms with Crippen molar-refractivity contribution in [1.29, 1.82) is 0 Å². The van der Waals surface area contributed by atoms with Gasteiger partial charge in [0.25, 0.3) is 0 Å². The first-order chi connectivity index (χ1) is 12.8. The van der Waals surface area contributed by atoms with E-state index in [2.05, 4.69) is 23.8 Å². The molecule has 0 aliphatic carbocycles. The summed E-state index contributed by atoms with van der Waals surface area (Å²) in [6.45, 7) is 6.76. The summed E-state index contributed by atoms with van der Waals surface area (Å²) in [5, 5.41) is 0.617. The number of nitrogens with zero attached hydrogens (tertiary/aromatic N) is 2. The van der Waals surface area contributed by atoms with Crippen molar-refractivity contribution in [3.8, 4) is 0 Å². The minimum absolute atomic E-state index is 0.199. The van der Waals surface area contributed by atoms with Crippen LogP contribution in [0.4, 0.5) is 4.39 Å². The van der Waals surface area contributed by atoms with Gasteiger partial charge in [0.2, 0.25) is 0 Å². The van der Waals surface area contributed by atoms with E-state index < -0.39 is 5.54 Å². The number of amidine groups is 1. The van der Waals surface area contributed by atoms with Crippen molar-refractivity contribution < 1.29 is 9.13 Å². The van der Waals surface area contributed by atoms with Gasteiger partial charge in [0, 0.05) is 23.4 Å². The van der Waals surface area contributed by atoms with Crippen molar-refractivity contribution in [2.75, 3.05) is 13.2 Å². The Hall–Kier alpha value is -1.98. The lowest BCUT2D eigenvalue weighted by molar-refractivity contribution is 0.104. The molecule has 0 amide bonds. The van der Waals surface area contributed by atoms with Crippen LogP contribution in [-0.2, 0) is 16.7 Å². The fourth-order valence-electron chi connectivity index (χ4n) is 3.53. The standard InChI is InChI=1S/C21H25ClFN3O/c1-13(2)16(19-7-5-15(22)10-25-19)8-14-4-6-18(23)17(9-14)21(3)12-27-11-20(24)26-21/h4-7,9-10,13,16H,8,11-12H2,1-3H3,(H2,24,26)/t16?,21-/m0/s1. The van der Waals surface area contributed by atoms with Crippen molar-refractivity contribution in [2.24, 2.45) is 16.6 Å². The van der Waals surface area contributed by atoms with Crippen molar-refractivity contribution in [3.63, 3.8) is 0 Å². The first-order valence-corrected chi connectivity index (χ1v) is 9.48. The van der Waals surface area contributed by atoms with Gasteiger partial charge in [-0.1, -0.05) is 37.6 Å². The van der Waals surface area contributed by atoms with E-state index in [1.807, 2.05) is 31.2 Å². The van der Waals surface area contributed by atoms with E-state index in [1.165, 1.54) is 6.07 Å². The van der Waals surface area contributed by atoms with Crippen LogP contribution < -0.4 is 5.73 Å². The van der Waals surface area contributed by atoms with Crippen LogP contribution in [0.3, 0.4) is 0 Å². The summed E-state index contributed by atoms with van der Waals surface area (Å²) in [5.74, 6) is 0.659. The Kier molecular flexibility index (Phi) is 5.82. The minimum atomic E-state index is -0.811. The topological polar surface area (TPSA) is 60.5 Å². The molecule has 2 heterocycles. The SMILES string of the molecule is CC(C)C(Cc1ccc(F)c([C@]2(C)COCC(N)=N2)c1)c1ccc(Cl)cn1. The van der Waals surface area contributed by atoms with Gasteiger partial charge in [0.1, 0.15) is 23.8 Å². The van der Waals surface area contributed by atoms with Crippen molar-refractivity contribution in [1.82, 2.24) is 4.98 Å². The average molecular weight is 390 g/mol. The normalized spacial score (nSPS) is 21.2. The van der Waals surface area contributed by atoms with E-state index in [0.29, 0.717) is 28.9 Å². The molecule has 1 aliphatic heterocycles. The van der Waals surface area contributed by atoms with Gasteiger partial charge in [-0.2, -0.15) is 0 Å². The zero-order valence-electron chi connectivity index (χ0n) is 15.9. The summed E-state index contributed by atoms with van der Waals surface area (Å²) in [7, 11) is 0.